The number of pyridine rings is 1. The number of benzene rings is 2. The van der Waals surface area contributed by atoms with Gasteiger partial charge in [0.25, 0.3) is 5.91 Å². The normalized spacial score (nSPS) is 16.4. The molecule has 1 aromatic heterocycles. The van der Waals surface area contributed by atoms with Gasteiger partial charge in [0.05, 0.1) is 13.2 Å². The van der Waals surface area contributed by atoms with Crippen molar-refractivity contribution >= 4 is 11.5 Å². The molecule has 1 aliphatic heterocycles. The maximum absolute atomic E-state index is 14.7. The number of halogens is 1. The van der Waals surface area contributed by atoms with Gasteiger partial charge in [0.1, 0.15) is 11.6 Å². The van der Waals surface area contributed by atoms with Gasteiger partial charge in [-0.1, -0.05) is 30.3 Å². The van der Waals surface area contributed by atoms with E-state index in [1.54, 1.807) is 74.1 Å². The van der Waals surface area contributed by atoms with Gasteiger partial charge in [0, 0.05) is 30.1 Å². The number of hydrogen-bond acceptors (Lipinski definition) is 4. The fourth-order valence-electron chi connectivity index (χ4n) is 3.59. The maximum atomic E-state index is 14.7. The Morgan fingerprint density at radius 3 is 2.41 bits per heavy atom. The molecule has 0 bridgehead atoms. The van der Waals surface area contributed by atoms with Crippen LogP contribution in [0, 0.1) is 5.82 Å². The summed E-state index contributed by atoms with van der Waals surface area (Å²) in [5.41, 5.74) is 2.15. The molecule has 29 heavy (non-hydrogen) atoms. The van der Waals surface area contributed by atoms with Crippen molar-refractivity contribution in [2.45, 2.75) is 12.6 Å². The van der Waals surface area contributed by atoms with Crippen molar-refractivity contribution in [2.75, 3.05) is 7.11 Å². The van der Waals surface area contributed by atoms with Crippen LogP contribution in [0.1, 0.15) is 22.7 Å². The molecule has 0 spiro atoms. The molecule has 0 saturated carbocycles. The van der Waals surface area contributed by atoms with Crippen LogP contribution in [0.3, 0.4) is 0 Å². The average molecular weight is 390 g/mol. The van der Waals surface area contributed by atoms with Crippen LogP contribution in [0.4, 0.5) is 4.39 Å². The number of amides is 1. The summed E-state index contributed by atoms with van der Waals surface area (Å²) < 4.78 is 19.9. The summed E-state index contributed by atoms with van der Waals surface area (Å²) in [5, 5.41) is 10.7. The van der Waals surface area contributed by atoms with Gasteiger partial charge in [-0.2, -0.15) is 0 Å². The highest BCUT2D eigenvalue weighted by molar-refractivity contribution is 6.05. The first kappa shape index (κ1) is 18.7. The van der Waals surface area contributed by atoms with Gasteiger partial charge in [-0.25, -0.2) is 4.39 Å². The Balaban J connectivity index is 1.83. The number of aliphatic hydroxyl groups is 1. The largest absolute Gasteiger partial charge is 0.503 e. The lowest BCUT2D eigenvalue weighted by Gasteiger charge is -2.27. The van der Waals surface area contributed by atoms with Crippen LogP contribution in [-0.4, -0.2) is 28.0 Å². The molecule has 2 aromatic carbocycles. The molecule has 2 heterocycles. The number of carbonyl (C=O) groups excluding carboxylic acids is 1. The zero-order valence-corrected chi connectivity index (χ0v) is 15.7. The minimum absolute atomic E-state index is 0.212. The second-order valence-corrected chi connectivity index (χ2v) is 6.70. The molecule has 146 valence electrons. The van der Waals surface area contributed by atoms with Crippen LogP contribution in [-0.2, 0) is 11.3 Å². The van der Waals surface area contributed by atoms with Crippen LogP contribution < -0.4 is 4.74 Å². The van der Waals surface area contributed by atoms with E-state index in [1.807, 2.05) is 0 Å². The van der Waals surface area contributed by atoms with Crippen LogP contribution in [0.15, 0.2) is 78.8 Å². The Kier molecular flexibility index (Phi) is 4.99. The molecule has 5 nitrogen and oxygen atoms in total. The lowest BCUT2D eigenvalue weighted by atomic mass is 9.93. The lowest BCUT2D eigenvalue weighted by molar-refractivity contribution is -0.130. The third kappa shape index (κ3) is 3.45. The second kappa shape index (κ2) is 7.75. The summed E-state index contributed by atoms with van der Waals surface area (Å²) in [4.78, 5) is 18.4. The summed E-state index contributed by atoms with van der Waals surface area (Å²) in [6, 6.07) is 16.1. The smallest absolute Gasteiger partial charge is 0.290 e. The molecule has 3 aromatic rings. The zero-order chi connectivity index (χ0) is 20.4. The number of nitrogens with zero attached hydrogens (tertiary/aromatic N) is 2. The van der Waals surface area contributed by atoms with E-state index in [-0.39, 0.29) is 12.3 Å². The number of rotatable bonds is 5. The molecule has 1 atom stereocenters. The van der Waals surface area contributed by atoms with Crippen LogP contribution >= 0.6 is 0 Å². The molecule has 0 aliphatic carbocycles. The monoisotopic (exact) mass is 390 g/mol. The average Bonchev–Trinajstić information content (AvgIpc) is 3.00. The Morgan fingerprint density at radius 1 is 1.07 bits per heavy atom. The number of aliphatic hydroxyl groups excluding tert-OH is 1. The van der Waals surface area contributed by atoms with Crippen LogP contribution in [0.25, 0.3) is 5.57 Å². The van der Waals surface area contributed by atoms with Crippen molar-refractivity contribution in [3.63, 3.8) is 0 Å². The number of carbonyl (C=O) groups is 1. The first-order valence-electron chi connectivity index (χ1n) is 9.12. The Labute approximate surface area is 167 Å². The molecule has 1 amide bonds. The van der Waals surface area contributed by atoms with E-state index < -0.39 is 17.8 Å². The minimum atomic E-state index is -0.759. The molecular weight excluding hydrogens is 371 g/mol. The summed E-state index contributed by atoms with van der Waals surface area (Å²) in [6.07, 6.45) is 3.26. The number of aromatic nitrogens is 1. The molecular formula is C23H19FN2O3. The van der Waals surface area contributed by atoms with Crippen molar-refractivity contribution < 1.29 is 19.0 Å². The standard InChI is InChI=1S/C23H19FN2O3/c1-29-17-8-6-16(7-9-17)20-21(18-4-2-3-5-19(18)24)26(23(28)22(20)27)14-15-10-12-25-13-11-15/h2-13,21,27H,14H2,1H3. The molecule has 1 N–H and O–H groups in total. The summed E-state index contributed by atoms with van der Waals surface area (Å²) in [5.74, 6) is -0.710. The highest BCUT2D eigenvalue weighted by Crippen LogP contribution is 2.44. The molecule has 4 rings (SSSR count). The number of methoxy groups -OCH3 is 1. The fraction of sp³-hybridized carbons (Fsp3) is 0.130. The van der Waals surface area contributed by atoms with Gasteiger partial charge in [-0.15, -0.1) is 0 Å². The maximum Gasteiger partial charge on any atom is 0.290 e. The van der Waals surface area contributed by atoms with E-state index in [1.165, 1.54) is 11.0 Å². The highest BCUT2D eigenvalue weighted by Gasteiger charge is 2.42. The quantitative estimate of drug-likeness (QED) is 0.706. The van der Waals surface area contributed by atoms with Crippen molar-refractivity contribution in [1.29, 1.82) is 0 Å². The third-order valence-electron chi connectivity index (χ3n) is 5.01. The predicted molar refractivity (Wildman–Crippen MR) is 106 cm³/mol. The summed E-state index contributed by atoms with van der Waals surface area (Å²) in [6.45, 7) is 0.212. The van der Waals surface area contributed by atoms with Gasteiger partial charge in [0.2, 0.25) is 0 Å². The lowest BCUT2D eigenvalue weighted by Crippen LogP contribution is -2.30. The zero-order valence-electron chi connectivity index (χ0n) is 15.7. The topological polar surface area (TPSA) is 62.7 Å². The molecule has 0 radical (unpaired) electrons. The molecule has 1 unspecified atom stereocenters. The van der Waals surface area contributed by atoms with Gasteiger partial charge in [-0.05, 0) is 41.5 Å². The van der Waals surface area contributed by atoms with Gasteiger partial charge < -0.3 is 14.7 Å². The third-order valence-corrected chi connectivity index (χ3v) is 5.01. The fourth-order valence-corrected chi connectivity index (χ4v) is 3.59. The molecule has 0 fully saturated rings. The van der Waals surface area contributed by atoms with Crippen molar-refractivity contribution in [2.24, 2.45) is 0 Å². The minimum Gasteiger partial charge on any atom is -0.503 e. The molecule has 0 saturated heterocycles. The van der Waals surface area contributed by atoms with Crippen molar-refractivity contribution in [3.8, 4) is 5.75 Å². The van der Waals surface area contributed by atoms with Gasteiger partial charge in [-0.3, -0.25) is 9.78 Å². The second-order valence-electron chi connectivity index (χ2n) is 6.70. The Bertz CT molecular complexity index is 1060. The van der Waals surface area contributed by atoms with Crippen molar-refractivity contribution in [1.82, 2.24) is 9.88 Å². The van der Waals surface area contributed by atoms with Gasteiger partial charge in [0.15, 0.2) is 5.76 Å². The molecule has 6 heteroatoms. The number of ether oxygens (including phenoxy) is 1. The van der Waals surface area contributed by atoms with Crippen LogP contribution in [0.2, 0.25) is 0 Å². The van der Waals surface area contributed by atoms with E-state index in [2.05, 4.69) is 4.98 Å². The van der Waals surface area contributed by atoms with Crippen molar-refractivity contribution in [3.05, 3.63) is 101 Å². The predicted octanol–water partition coefficient (Wildman–Crippen LogP) is 4.28. The highest BCUT2D eigenvalue weighted by atomic mass is 19.1. The van der Waals surface area contributed by atoms with E-state index in [4.69, 9.17) is 4.74 Å². The SMILES string of the molecule is COc1ccc(C2=C(O)C(=O)N(Cc3ccncc3)C2c2ccccc2F)cc1. The first-order valence-corrected chi connectivity index (χ1v) is 9.12. The van der Waals surface area contributed by atoms with E-state index in [0.717, 1.165) is 5.56 Å². The summed E-state index contributed by atoms with van der Waals surface area (Å²) >= 11 is 0. The summed E-state index contributed by atoms with van der Waals surface area (Å²) in [7, 11) is 1.56. The van der Waals surface area contributed by atoms with E-state index in [9.17, 15) is 14.3 Å². The Morgan fingerprint density at radius 2 is 1.76 bits per heavy atom. The molecule has 1 aliphatic rings. The van der Waals surface area contributed by atoms with Gasteiger partial charge >= 0.3 is 0 Å². The Hall–Kier alpha value is -3.67. The number of hydrogen-bond donors (Lipinski definition) is 1. The first-order chi connectivity index (χ1) is 14.1. The van der Waals surface area contributed by atoms with Crippen LogP contribution in [0.5, 0.6) is 5.75 Å². The van der Waals surface area contributed by atoms with E-state index in [0.29, 0.717) is 22.4 Å². The van der Waals surface area contributed by atoms with E-state index >= 15 is 0 Å².